The van der Waals surface area contributed by atoms with Crippen LogP contribution in [0.25, 0.3) is 0 Å². The van der Waals surface area contributed by atoms with E-state index < -0.39 is 15.7 Å². The summed E-state index contributed by atoms with van der Waals surface area (Å²) in [6.07, 6.45) is 1.26. The molecule has 134 valence electrons. The Bertz CT molecular complexity index is 700. The van der Waals surface area contributed by atoms with Gasteiger partial charge in [0.1, 0.15) is 5.82 Å². The number of halogens is 2. The van der Waals surface area contributed by atoms with Crippen LogP contribution in [-0.4, -0.2) is 56.2 Å². The van der Waals surface area contributed by atoms with Crippen molar-refractivity contribution >= 4 is 44.5 Å². The van der Waals surface area contributed by atoms with Gasteiger partial charge in [0, 0.05) is 32.0 Å². The van der Waals surface area contributed by atoms with Gasteiger partial charge < -0.3 is 15.0 Å². The number of methoxy groups -OCH3 is 1. The quantitative estimate of drug-likeness (QED) is 0.591. The van der Waals surface area contributed by atoms with Gasteiger partial charge in [-0.25, -0.2) is 12.8 Å². The smallest absolute Gasteiger partial charge is 0.173 e. The van der Waals surface area contributed by atoms with Gasteiger partial charge in [0.2, 0.25) is 0 Å². The molecule has 9 heteroatoms. The fraction of sp³-hybridized carbons (Fsp3) is 0.533. The van der Waals surface area contributed by atoms with Gasteiger partial charge in [-0.05, 0) is 43.3 Å². The molecule has 1 saturated heterocycles. The monoisotopic (exact) mass is 394 g/mol. The summed E-state index contributed by atoms with van der Waals surface area (Å²) in [5.41, 5.74) is 0.559. The SMILES string of the molecule is COCCCN(C(=S)Nc1ccc(F)c(Cl)c1)[C@H]1CCS(=O)(=O)C1. The van der Waals surface area contributed by atoms with E-state index in [2.05, 4.69) is 5.32 Å². The molecule has 0 unspecified atom stereocenters. The predicted octanol–water partition coefficient (Wildman–Crippen LogP) is 2.70. The number of hydrogen-bond acceptors (Lipinski definition) is 4. The second-order valence-electron chi connectivity index (χ2n) is 5.66. The largest absolute Gasteiger partial charge is 0.385 e. The van der Waals surface area contributed by atoms with Gasteiger partial charge in [-0.2, -0.15) is 0 Å². The first kappa shape index (κ1) is 19.4. The van der Waals surface area contributed by atoms with Gasteiger partial charge in [-0.3, -0.25) is 0 Å². The van der Waals surface area contributed by atoms with Gasteiger partial charge >= 0.3 is 0 Å². The fourth-order valence-electron chi connectivity index (χ4n) is 2.62. The first-order valence-electron chi connectivity index (χ1n) is 7.54. The highest BCUT2D eigenvalue weighted by atomic mass is 35.5. The Morgan fingerprint density at radius 1 is 1.54 bits per heavy atom. The zero-order chi connectivity index (χ0) is 17.7. The fourth-order valence-corrected chi connectivity index (χ4v) is 4.89. The summed E-state index contributed by atoms with van der Waals surface area (Å²) in [6, 6.07) is 4.07. The number of nitrogens with zero attached hydrogens (tertiary/aromatic N) is 1. The summed E-state index contributed by atoms with van der Waals surface area (Å²) < 4.78 is 41.8. The Hall–Kier alpha value is -0.960. The minimum Gasteiger partial charge on any atom is -0.385 e. The minimum atomic E-state index is -3.02. The van der Waals surface area contributed by atoms with Crippen LogP contribution >= 0.6 is 23.8 Å². The topological polar surface area (TPSA) is 58.6 Å². The van der Waals surface area contributed by atoms with E-state index in [1.165, 1.54) is 18.2 Å². The lowest BCUT2D eigenvalue weighted by Crippen LogP contribution is -2.44. The summed E-state index contributed by atoms with van der Waals surface area (Å²) >= 11 is 11.2. The number of hydrogen-bond donors (Lipinski definition) is 1. The normalized spacial score (nSPS) is 19.2. The van der Waals surface area contributed by atoms with E-state index in [9.17, 15) is 12.8 Å². The number of ether oxygens (including phenoxy) is 1. The number of anilines is 1. The lowest BCUT2D eigenvalue weighted by molar-refractivity contribution is 0.181. The van der Waals surface area contributed by atoms with Crippen LogP contribution in [-0.2, 0) is 14.6 Å². The van der Waals surface area contributed by atoms with Crippen molar-refractivity contribution in [3.63, 3.8) is 0 Å². The average molecular weight is 395 g/mol. The molecule has 1 fully saturated rings. The predicted molar refractivity (Wildman–Crippen MR) is 97.9 cm³/mol. The van der Waals surface area contributed by atoms with Crippen molar-refractivity contribution < 1.29 is 17.5 Å². The van der Waals surface area contributed by atoms with E-state index >= 15 is 0 Å². The highest BCUT2D eigenvalue weighted by molar-refractivity contribution is 7.91. The van der Waals surface area contributed by atoms with Gasteiger partial charge in [-0.1, -0.05) is 11.6 Å². The molecule has 1 aliphatic heterocycles. The summed E-state index contributed by atoms with van der Waals surface area (Å²) in [6.45, 7) is 1.13. The Morgan fingerprint density at radius 3 is 2.88 bits per heavy atom. The van der Waals surface area contributed by atoms with Crippen LogP contribution in [0.15, 0.2) is 18.2 Å². The van der Waals surface area contributed by atoms with E-state index in [0.29, 0.717) is 30.4 Å². The van der Waals surface area contributed by atoms with Crippen LogP contribution in [0.2, 0.25) is 5.02 Å². The van der Waals surface area contributed by atoms with Gasteiger partial charge in [-0.15, -0.1) is 0 Å². The average Bonchev–Trinajstić information content (AvgIpc) is 2.87. The maximum absolute atomic E-state index is 13.2. The molecule has 1 aliphatic rings. The van der Waals surface area contributed by atoms with E-state index in [-0.39, 0.29) is 22.6 Å². The molecule has 1 atom stereocenters. The van der Waals surface area contributed by atoms with Crippen molar-refractivity contribution in [2.24, 2.45) is 0 Å². The molecule has 0 aliphatic carbocycles. The molecule has 5 nitrogen and oxygen atoms in total. The summed E-state index contributed by atoms with van der Waals surface area (Å²) in [5, 5.41) is 3.41. The highest BCUT2D eigenvalue weighted by Gasteiger charge is 2.33. The number of thiocarbonyl (C=S) groups is 1. The first-order valence-corrected chi connectivity index (χ1v) is 10.1. The third kappa shape index (κ3) is 5.27. The van der Waals surface area contributed by atoms with Crippen LogP contribution in [0.4, 0.5) is 10.1 Å². The number of nitrogens with one attached hydrogen (secondary N) is 1. The number of rotatable bonds is 6. The van der Waals surface area contributed by atoms with Gasteiger partial charge in [0.15, 0.2) is 14.9 Å². The highest BCUT2D eigenvalue weighted by Crippen LogP contribution is 2.22. The molecule has 0 amide bonds. The van der Waals surface area contributed by atoms with Crippen molar-refractivity contribution in [2.45, 2.75) is 18.9 Å². The molecule has 1 aromatic carbocycles. The van der Waals surface area contributed by atoms with E-state index in [1.807, 2.05) is 4.90 Å². The zero-order valence-electron chi connectivity index (χ0n) is 13.3. The Kier molecular flexibility index (Phi) is 6.79. The van der Waals surface area contributed by atoms with Crippen LogP contribution in [0, 0.1) is 5.82 Å². The summed E-state index contributed by atoms with van der Waals surface area (Å²) in [7, 11) is -1.41. The Labute approximate surface area is 152 Å². The molecule has 24 heavy (non-hydrogen) atoms. The maximum Gasteiger partial charge on any atom is 0.173 e. The summed E-state index contributed by atoms with van der Waals surface area (Å²) in [5.74, 6) is -0.248. The van der Waals surface area contributed by atoms with E-state index in [0.717, 1.165) is 6.42 Å². The third-order valence-electron chi connectivity index (χ3n) is 3.83. The maximum atomic E-state index is 13.2. The molecular formula is C15H20ClFN2O3S2. The lowest BCUT2D eigenvalue weighted by Gasteiger charge is -2.31. The van der Waals surface area contributed by atoms with Crippen LogP contribution in [0.1, 0.15) is 12.8 Å². The number of benzene rings is 1. The molecule has 0 radical (unpaired) electrons. The Balaban J connectivity index is 2.09. The van der Waals surface area contributed by atoms with E-state index in [4.69, 9.17) is 28.6 Å². The molecule has 0 aromatic heterocycles. The van der Waals surface area contributed by atoms with Gasteiger partial charge in [0.05, 0.1) is 16.5 Å². The molecule has 0 saturated carbocycles. The zero-order valence-corrected chi connectivity index (χ0v) is 15.7. The molecular weight excluding hydrogens is 375 g/mol. The second-order valence-corrected chi connectivity index (χ2v) is 8.68. The van der Waals surface area contributed by atoms with Crippen molar-refractivity contribution in [3.05, 3.63) is 29.0 Å². The van der Waals surface area contributed by atoms with E-state index in [1.54, 1.807) is 7.11 Å². The third-order valence-corrected chi connectivity index (χ3v) is 6.20. The molecule has 0 spiro atoms. The van der Waals surface area contributed by atoms with Crippen molar-refractivity contribution in [3.8, 4) is 0 Å². The minimum absolute atomic E-state index is 0.00261. The van der Waals surface area contributed by atoms with Crippen LogP contribution < -0.4 is 5.32 Å². The lowest BCUT2D eigenvalue weighted by atomic mass is 10.2. The molecule has 1 N–H and O–H groups in total. The van der Waals surface area contributed by atoms with Crippen molar-refractivity contribution in [1.82, 2.24) is 4.90 Å². The second kappa shape index (κ2) is 8.42. The van der Waals surface area contributed by atoms with Crippen molar-refractivity contribution in [1.29, 1.82) is 0 Å². The van der Waals surface area contributed by atoms with Gasteiger partial charge in [0.25, 0.3) is 0 Å². The molecule has 1 aromatic rings. The molecule has 0 bridgehead atoms. The van der Waals surface area contributed by atoms with Crippen LogP contribution in [0.5, 0.6) is 0 Å². The van der Waals surface area contributed by atoms with Crippen LogP contribution in [0.3, 0.4) is 0 Å². The number of sulfone groups is 1. The molecule has 2 rings (SSSR count). The summed E-state index contributed by atoms with van der Waals surface area (Å²) in [4.78, 5) is 1.87. The first-order chi connectivity index (χ1) is 11.3. The molecule has 1 heterocycles. The standard InChI is InChI=1S/C15H20ClFN2O3S2/c1-22-7-2-6-19(12-5-8-24(20,21)10-12)15(23)18-11-3-4-14(17)13(16)9-11/h3-4,9,12H,2,5-8,10H2,1H3,(H,18,23)/t12-/m0/s1. The van der Waals surface area contributed by atoms with Crippen molar-refractivity contribution in [2.75, 3.05) is 37.1 Å². The Morgan fingerprint density at radius 2 is 2.29 bits per heavy atom.